The molecule has 1 aliphatic rings. The predicted molar refractivity (Wildman–Crippen MR) is 76.2 cm³/mol. The van der Waals surface area contributed by atoms with Crippen LogP contribution in [0.2, 0.25) is 0 Å². The molecule has 18 heavy (non-hydrogen) atoms. The van der Waals surface area contributed by atoms with Gasteiger partial charge in [0, 0.05) is 11.4 Å². The number of benzene rings is 1. The second-order valence-electron chi connectivity index (χ2n) is 4.45. The summed E-state index contributed by atoms with van der Waals surface area (Å²) in [6.45, 7) is 6.79. The van der Waals surface area contributed by atoms with E-state index in [0.29, 0.717) is 0 Å². The van der Waals surface area contributed by atoms with Crippen molar-refractivity contribution in [3.05, 3.63) is 42.1 Å². The number of thioether (sulfide) groups is 1. The summed E-state index contributed by atoms with van der Waals surface area (Å²) in [4.78, 5) is 3.30. The van der Waals surface area contributed by atoms with Gasteiger partial charge in [-0.1, -0.05) is 26.0 Å². The molecule has 0 aliphatic carbocycles. The highest BCUT2D eigenvalue weighted by Gasteiger charge is 2.27. The number of unbranched alkanes of at least 4 members (excludes halogenated alkanes) is 1. The summed E-state index contributed by atoms with van der Waals surface area (Å²) in [7, 11) is 0. The lowest BCUT2D eigenvalue weighted by molar-refractivity contribution is 0.361. The minimum atomic E-state index is -0.160. The van der Waals surface area contributed by atoms with Gasteiger partial charge in [0.1, 0.15) is 6.04 Å². The maximum absolute atomic E-state index is 9.21. The molecule has 0 radical (unpaired) electrons. The first-order chi connectivity index (χ1) is 8.80. The summed E-state index contributed by atoms with van der Waals surface area (Å²) in [5, 5.41) is 9.21. The Morgan fingerprint density at radius 2 is 2.44 bits per heavy atom. The zero-order valence-electron chi connectivity index (χ0n) is 10.7. The summed E-state index contributed by atoms with van der Waals surface area (Å²) < 4.78 is 0. The van der Waals surface area contributed by atoms with E-state index in [2.05, 4.69) is 37.8 Å². The fourth-order valence-electron chi connectivity index (χ4n) is 2.19. The van der Waals surface area contributed by atoms with Crippen molar-refractivity contribution in [2.75, 3.05) is 5.75 Å². The normalized spacial score (nSPS) is 17.3. The second kappa shape index (κ2) is 5.97. The van der Waals surface area contributed by atoms with Crippen molar-refractivity contribution in [3.8, 4) is 6.07 Å². The highest BCUT2D eigenvalue weighted by Crippen LogP contribution is 2.35. The third-order valence-electron chi connectivity index (χ3n) is 3.22. The molecule has 1 unspecified atom stereocenters. The van der Waals surface area contributed by atoms with Crippen LogP contribution >= 0.6 is 11.8 Å². The fraction of sp³-hybridized carbons (Fsp3) is 0.400. The molecule has 0 fully saturated rings. The van der Waals surface area contributed by atoms with Crippen LogP contribution in [0.4, 0.5) is 0 Å². The monoisotopic (exact) mass is 258 g/mol. The van der Waals surface area contributed by atoms with Crippen molar-refractivity contribution in [2.45, 2.75) is 37.2 Å². The van der Waals surface area contributed by atoms with Crippen LogP contribution in [0.1, 0.15) is 36.9 Å². The van der Waals surface area contributed by atoms with E-state index in [1.54, 1.807) is 6.20 Å². The first-order valence-electron chi connectivity index (χ1n) is 6.33. The second-order valence-corrected chi connectivity index (χ2v) is 5.62. The highest BCUT2D eigenvalue weighted by atomic mass is 32.2. The average Bonchev–Trinajstić information content (AvgIpc) is 2.75. The van der Waals surface area contributed by atoms with Crippen molar-refractivity contribution in [3.63, 3.8) is 0 Å². The summed E-state index contributed by atoms with van der Waals surface area (Å²) in [5.74, 6) is 1.17. The topological polar surface area (TPSA) is 27.0 Å². The maximum atomic E-state index is 9.21. The van der Waals surface area contributed by atoms with E-state index in [1.807, 2.05) is 16.7 Å². The molecule has 0 N–H and O–H groups in total. The molecule has 1 aromatic rings. The van der Waals surface area contributed by atoms with E-state index in [9.17, 15) is 5.26 Å². The van der Waals surface area contributed by atoms with Crippen LogP contribution in [0.25, 0.3) is 0 Å². The molecule has 0 saturated heterocycles. The smallest absolute Gasteiger partial charge is 0.142 e. The van der Waals surface area contributed by atoms with Gasteiger partial charge < -0.3 is 4.90 Å². The zero-order chi connectivity index (χ0) is 13.0. The molecule has 0 amide bonds. The molecule has 0 aromatic heterocycles. The minimum absolute atomic E-state index is 0.160. The Labute approximate surface area is 113 Å². The Balaban J connectivity index is 2.15. The number of nitriles is 1. The lowest BCUT2D eigenvalue weighted by Gasteiger charge is -2.15. The van der Waals surface area contributed by atoms with Gasteiger partial charge in [-0.25, -0.2) is 0 Å². The minimum Gasteiger partial charge on any atom is -0.355 e. The van der Waals surface area contributed by atoms with E-state index in [-0.39, 0.29) is 6.04 Å². The van der Waals surface area contributed by atoms with Gasteiger partial charge >= 0.3 is 0 Å². The van der Waals surface area contributed by atoms with E-state index < -0.39 is 0 Å². The van der Waals surface area contributed by atoms with Crippen LogP contribution in [0, 0.1) is 11.3 Å². The molecule has 1 atom stereocenters. The summed E-state index contributed by atoms with van der Waals surface area (Å²) in [5.41, 5.74) is 2.40. The predicted octanol–water partition coefficient (Wildman–Crippen LogP) is 4.10. The molecule has 0 bridgehead atoms. The Hall–Kier alpha value is -1.40. The number of fused-ring (bicyclic) bond motifs is 1. The molecule has 0 spiro atoms. The van der Waals surface area contributed by atoms with E-state index in [1.165, 1.54) is 29.1 Å². The summed E-state index contributed by atoms with van der Waals surface area (Å²) >= 11 is 1.90. The highest BCUT2D eigenvalue weighted by molar-refractivity contribution is 7.99. The number of rotatable bonds is 5. The molecule has 1 aliphatic heterocycles. The van der Waals surface area contributed by atoms with Gasteiger partial charge in [0.15, 0.2) is 0 Å². The summed E-state index contributed by atoms with van der Waals surface area (Å²) in [6.07, 6.45) is 4.25. The lowest BCUT2D eigenvalue weighted by Crippen LogP contribution is -2.12. The van der Waals surface area contributed by atoms with Crippen molar-refractivity contribution in [1.29, 1.82) is 5.26 Å². The van der Waals surface area contributed by atoms with E-state index in [0.717, 1.165) is 12.1 Å². The Bertz CT molecular complexity index is 476. The standard InChI is InChI=1S/C15H18N2S/c1-3-5-8-18-13-6-7-14-12(9-13)11-17(4-2)15(14)10-16/h4,6-7,9,15H,2-3,5,8,11H2,1H3. The largest absolute Gasteiger partial charge is 0.355 e. The van der Waals surface area contributed by atoms with Crippen molar-refractivity contribution >= 4 is 11.8 Å². The van der Waals surface area contributed by atoms with Crippen LogP contribution in [0.5, 0.6) is 0 Å². The van der Waals surface area contributed by atoms with Gasteiger partial charge in [0.05, 0.1) is 6.07 Å². The molecule has 1 heterocycles. The fourth-order valence-corrected chi connectivity index (χ4v) is 3.25. The molecule has 1 aromatic carbocycles. The van der Waals surface area contributed by atoms with Crippen molar-refractivity contribution < 1.29 is 0 Å². The molecule has 94 valence electrons. The van der Waals surface area contributed by atoms with Crippen LogP contribution in [0.3, 0.4) is 0 Å². The van der Waals surface area contributed by atoms with Gasteiger partial charge in [-0.15, -0.1) is 11.8 Å². The number of nitrogens with zero attached hydrogens (tertiary/aromatic N) is 2. The van der Waals surface area contributed by atoms with Gasteiger partial charge in [-0.2, -0.15) is 5.26 Å². The zero-order valence-corrected chi connectivity index (χ0v) is 11.5. The molecule has 0 saturated carbocycles. The first kappa shape index (κ1) is 13.0. The SMILES string of the molecule is C=CN1Cc2cc(SCCCC)ccc2C1C#N. The molecular formula is C15H18N2S. The summed E-state index contributed by atoms with van der Waals surface area (Å²) in [6, 6.07) is 8.64. The Morgan fingerprint density at radius 1 is 1.61 bits per heavy atom. The number of hydrogen-bond donors (Lipinski definition) is 0. The van der Waals surface area contributed by atoms with Crippen LogP contribution in [-0.4, -0.2) is 10.7 Å². The lowest BCUT2D eigenvalue weighted by atomic mass is 10.1. The van der Waals surface area contributed by atoms with Gasteiger partial charge in [-0.05, 0) is 41.6 Å². The third kappa shape index (κ3) is 2.54. The van der Waals surface area contributed by atoms with Gasteiger partial charge in [0.25, 0.3) is 0 Å². The molecule has 3 heteroatoms. The van der Waals surface area contributed by atoms with Crippen LogP contribution in [0.15, 0.2) is 35.9 Å². The van der Waals surface area contributed by atoms with E-state index in [4.69, 9.17) is 0 Å². The van der Waals surface area contributed by atoms with E-state index >= 15 is 0 Å². The van der Waals surface area contributed by atoms with Gasteiger partial charge in [0.2, 0.25) is 0 Å². The quantitative estimate of drug-likeness (QED) is 0.587. The Kier molecular flexibility index (Phi) is 4.33. The Morgan fingerprint density at radius 3 is 3.11 bits per heavy atom. The maximum Gasteiger partial charge on any atom is 0.142 e. The molecule has 2 nitrogen and oxygen atoms in total. The first-order valence-corrected chi connectivity index (χ1v) is 7.32. The third-order valence-corrected chi connectivity index (χ3v) is 4.30. The average molecular weight is 258 g/mol. The van der Waals surface area contributed by atoms with Crippen molar-refractivity contribution in [2.24, 2.45) is 0 Å². The van der Waals surface area contributed by atoms with Crippen LogP contribution < -0.4 is 0 Å². The van der Waals surface area contributed by atoms with Gasteiger partial charge in [-0.3, -0.25) is 0 Å². The molecule has 2 rings (SSSR count). The van der Waals surface area contributed by atoms with Crippen LogP contribution in [-0.2, 0) is 6.54 Å². The van der Waals surface area contributed by atoms with Crippen molar-refractivity contribution in [1.82, 2.24) is 4.90 Å². The number of hydrogen-bond acceptors (Lipinski definition) is 3. The molecular weight excluding hydrogens is 240 g/mol.